The number of imide groups is 1. The van der Waals surface area contributed by atoms with Crippen LogP contribution in [0.2, 0.25) is 0 Å². The van der Waals surface area contributed by atoms with Crippen molar-refractivity contribution >= 4 is 24.0 Å². The number of ether oxygens (including phenoxy) is 1. The first-order valence-electron chi connectivity index (χ1n) is 12.1. The Kier molecular flexibility index (Phi) is 8.37. The minimum absolute atomic E-state index is 0.179. The number of rotatable bonds is 7. The van der Waals surface area contributed by atoms with Gasteiger partial charge in [0.05, 0.1) is 5.92 Å². The maximum atomic E-state index is 13.0. The molecule has 192 valence electrons. The molecule has 0 spiro atoms. The fourth-order valence-corrected chi connectivity index (χ4v) is 4.77. The molecule has 2 fully saturated rings. The lowest BCUT2D eigenvalue weighted by molar-refractivity contribution is -0.166. The monoisotopic (exact) mass is 488 g/mol. The van der Waals surface area contributed by atoms with Gasteiger partial charge in [0.25, 0.3) is 0 Å². The zero-order chi connectivity index (χ0) is 25.9. The quantitative estimate of drug-likeness (QED) is 0.562. The van der Waals surface area contributed by atoms with Gasteiger partial charge >= 0.3 is 18.1 Å². The van der Waals surface area contributed by atoms with Gasteiger partial charge in [0.15, 0.2) is 6.04 Å². The van der Waals surface area contributed by atoms with E-state index in [1.165, 1.54) is 4.90 Å². The number of piperazine rings is 1. The molecule has 1 aromatic carbocycles. The van der Waals surface area contributed by atoms with Crippen LogP contribution in [0.15, 0.2) is 24.3 Å². The highest BCUT2D eigenvalue weighted by Crippen LogP contribution is 2.32. The van der Waals surface area contributed by atoms with Crippen LogP contribution >= 0.6 is 0 Å². The lowest BCUT2D eigenvalue weighted by Crippen LogP contribution is -2.70. The molecule has 3 N–H and O–H groups in total. The number of carbonyl (C=O) groups is 4. The van der Waals surface area contributed by atoms with E-state index in [0.29, 0.717) is 6.54 Å². The first kappa shape index (κ1) is 26.5. The molecule has 2 heterocycles. The molecule has 4 amide bonds. The Balaban J connectivity index is 1.58. The van der Waals surface area contributed by atoms with Crippen LogP contribution in [-0.4, -0.2) is 82.1 Å². The number of likely N-dealkylation sites (tertiary alicyclic amines) is 1. The third kappa shape index (κ3) is 5.75. The summed E-state index contributed by atoms with van der Waals surface area (Å²) in [6, 6.07) is 5.47. The summed E-state index contributed by atoms with van der Waals surface area (Å²) in [5.41, 5.74) is 7.35. The van der Waals surface area contributed by atoms with E-state index < -0.39 is 36.0 Å². The summed E-state index contributed by atoms with van der Waals surface area (Å²) in [5, 5.41) is 9.74. The molecule has 0 bridgehead atoms. The molecule has 10 nitrogen and oxygen atoms in total. The molecule has 0 radical (unpaired) electrons. The summed E-state index contributed by atoms with van der Waals surface area (Å²) in [4.78, 5) is 54.2. The Morgan fingerprint density at radius 1 is 0.971 bits per heavy atom. The van der Waals surface area contributed by atoms with Crippen molar-refractivity contribution in [3.05, 3.63) is 35.4 Å². The minimum atomic E-state index is -1.22. The van der Waals surface area contributed by atoms with Crippen LogP contribution in [0, 0.1) is 17.8 Å². The molecule has 0 aromatic heterocycles. The predicted molar refractivity (Wildman–Crippen MR) is 128 cm³/mol. The SMILES string of the molecule is CC(C)C(OC(=O)N1CCN(C(=O)N2C(=O)[C@H](Cc3ccc(CN)cc3)[C@H]2C(=O)O)CC1)C(C)C. The number of carbonyl (C=O) groups excluding carboxylic acids is 3. The lowest BCUT2D eigenvalue weighted by atomic mass is 9.82. The van der Waals surface area contributed by atoms with E-state index in [0.717, 1.165) is 16.0 Å². The highest BCUT2D eigenvalue weighted by Gasteiger charge is 2.55. The number of amides is 4. The third-order valence-corrected chi connectivity index (χ3v) is 6.75. The number of carboxylic acids is 1. The van der Waals surface area contributed by atoms with E-state index in [9.17, 15) is 24.3 Å². The van der Waals surface area contributed by atoms with Gasteiger partial charge in [-0.1, -0.05) is 52.0 Å². The molecular weight excluding hydrogens is 452 g/mol. The Morgan fingerprint density at radius 2 is 1.49 bits per heavy atom. The van der Waals surface area contributed by atoms with E-state index in [2.05, 4.69) is 0 Å². The Labute approximate surface area is 206 Å². The molecular formula is C25H36N4O6. The molecule has 10 heteroatoms. The van der Waals surface area contributed by atoms with Crippen LogP contribution in [0.5, 0.6) is 0 Å². The number of urea groups is 1. The van der Waals surface area contributed by atoms with Gasteiger partial charge in [0.1, 0.15) is 6.10 Å². The van der Waals surface area contributed by atoms with Crippen LogP contribution in [0.25, 0.3) is 0 Å². The maximum Gasteiger partial charge on any atom is 0.410 e. The summed E-state index contributed by atoms with van der Waals surface area (Å²) in [7, 11) is 0. The minimum Gasteiger partial charge on any atom is -0.480 e. The van der Waals surface area contributed by atoms with Crippen molar-refractivity contribution in [2.24, 2.45) is 23.5 Å². The van der Waals surface area contributed by atoms with Gasteiger partial charge in [-0.05, 0) is 29.4 Å². The number of nitrogens with two attached hydrogens (primary N) is 1. The van der Waals surface area contributed by atoms with Gasteiger partial charge in [-0.25, -0.2) is 19.3 Å². The summed E-state index contributed by atoms with van der Waals surface area (Å²) in [6.07, 6.45) is -0.397. The van der Waals surface area contributed by atoms with Crippen molar-refractivity contribution in [1.29, 1.82) is 0 Å². The summed E-state index contributed by atoms with van der Waals surface area (Å²) >= 11 is 0. The van der Waals surface area contributed by atoms with Crippen LogP contribution in [0.1, 0.15) is 38.8 Å². The second-order valence-corrected chi connectivity index (χ2v) is 9.92. The van der Waals surface area contributed by atoms with E-state index >= 15 is 0 Å². The van der Waals surface area contributed by atoms with Gasteiger partial charge < -0.3 is 25.4 Å². The summed E-state index contributed by atoms with van der Waals surface area (Å²) in [5.74, 6) is -2.15. The van der Waals surface area contributed by atoms with Crippen LogP contribution in [0.3, 0.4) is 0 Å². The largest absolute Gasteiger partial charge is 0.480 e. The normalized spacial score (nSPS) is 20.5. The summed E-state index contributed by atoms with van der Waals surface area (Å²) in [6.45, 7) is 9.30. The molecule has 35 heavy (non-hydrogen) atoms. The first-order valence-corrected chi connectivity index (χ1v) is 12.1. The third-order valence-electron chi connectivity index (χ3n) is 6.75. The highest BCUT2D eigenvalue weighted by atomic mass is 16.6. The van der Waals surface area contributed by atoms with Crippen LogP contribution < -0.4 is 5.73 Å². The van der Waals surface area contributed by atoms with Crippen molar-refractivity contribution in [3.63, 3.8) is 0 Å². The van der Waals surface area contributed by atoms with Crippen LogP contribution in [0.4, 0.5) is 9.59 Å². The second kappa shape index (κ2) is 11.1. The number of hydrogen-bond donors (Lipinski definition) is 2. The Bertz CT molecular complexity index is 932. The van der Waals surface area contributed by atoms with Gasteiger partial charge in [0.2, 0.25) is 5.91 Å². The lowest BCUT2D eigenvalue weighted by Gasteiger charge is -2.46. The Morgan fingerprint density at radius 3 is 1.97 bits per heavy atom. The Hall–Kier alpha value is -3.14. The zero-order valence-electron chi connectivity index (χ0n) is 20.8. The molecule has 0 aliphatic carbocycles. The molecule has 2 saturated heterocycles. The van der Waals surface area contributed by atoms with Crippen molar-refractivity contribution in [1.82, 2.24) is 14.7 Å². The standard InChI is InChI=1S/C25H36N4O6/c1-15(2)21(16(3)4)35-25(34)28-11-9-27(10-12-28)24(33)29-20(23(31)32)19(22(29)30)13-17-5-7-18(14-26)8-6-17/h5-8,15-16,19-21H,9-14,26H2,1-4H3,(H,31,32)/t19-,20+/m1/s1. The second-order valence-electron chi connectivity index (χ2n) is 9.92. The van der Waals surface area contributed by atoms with Crippen molar-refractivity contribution in [2.45, 2.75) is 52.8 Å². The molecule has 1 aromatic rings. The molecule has 0 saturated carbocycles. The topological polar surface area (TPSA) is 133 Å². The van der Waals surface area contributed by atoms with Crippen molar-refractivity contribution in [2.75, 3.05) is 26.2 Å². The smallest absolute Gasteiger partial charge is 0.410 e. The van der Waals surface area contributed by atoms with Crippen molar-refractivity contribution < 1.29 is 29.0 Å². The number of β-lactam (4-membered cyclic amide) rings is 1. The predicted octanol–water partition coefficient (Wildman–Crippen LogP) is 2.15. The molecule has 2 aliphatic rings. The van der Waals surface area contributed by atoms with E-state index in [1.807, 2.05) is 52.0 Å². The first-order chi connectivity index (χ1) is 16.5. The fraction of sp³-hybridized carbons (Fsp3) is 0.600. The number of hydrogen-bond acceptors (Lipinski definition) is 6. The molecule has 0 unspecified atom stereocenters. The van der Waals surface area contributed by atoms with Gasteiger partial charge in [-0.2, -0.15) is 0 Å². The molecule has 2 atom stereocenters. The average molecular weight is 489 g/mol. The summed E-state index contributed by atoms with van der Waals surface area (Å²) < 4.78 is 5.67. The van der Waals surface area contributed by atoms with Gasteiger partial charge in [-0.15, -0.1) is 0 Å². The van der Waals surface area contributed by atoms with E-state index in [1.54, 1.807) is 4.90 Å². The number of nitrogens with zero attached hydrogens (tertiary/aromatic N) is 3. The van der Waals surface area contributed by atoms with Crippen molar-refractivity contribution in [3.8, 4) is 0 Å². The molecule has 2 aliphatic heterocycles. The van der Waals surface area contributed by atoms with Crippen LogP contribution in [-0.2, 0) is 27.3 Å². The fourth-order valence-electron chi connectivity index (χ4n) is 4.77. The maximum absolute atomic E-state index is 13.0. The highest BCUT2D eigenvalue weighted by molar-refractivity contribution is 6.07. The molecule has 3 rings (SSSR count). The van der Waals surface area contributed by atoms with Gasteiger partial charge in [-0.3, -0.25) is 4.79 Å². The average Bonchev–Trinajstić information content (AvgIpc) is 2.83. The number of carboxylic acid groups (broad SMARTS) is 1. The number of aliphatic carboxylic acids is 1. The van der Waals surface area contributed by atoms with E-state index in [4.69, 9.17) is 10.5 Å². The zero-order valence-corrected chi connectivity index (χ0v) is 20.8. The number of benzene rings is 1. The van der Waals surface area contributed by atoms with E-state index in [-0.39, 0.29) is 50.5 Å². The van der Waals surface area contributed by atoms with Gasteiger partial charge in [0, 0.05) is 32.7 Å².